The maximum absolute atomic E-state index is 12.4. The third kappa shape index (κ3) is 4.93. The molecule has 9 heteroatoms. The van der Waals surface area contributed by atoms with Gasteiger partial charge in [-0.1, -0.05) is 54.3 Å². The van der Waals surface area contributed by atoms with Crippen molar-refractivity contribution in [1.82, 2.24) is 10.2 Å². The van der Waals surface area contributed by atoms with Gasteiger partial charge in [-0.3, -0.25) is 14.9 Å². The van der Waals surface area contributed by atoms with E-state index in [1.807, 2.05) is 12.1 Å². The lowest BCUT2D eigenvalue weighted by Gasteiger charge is -2.02. The van der Waals surface area contributed by atoms with Crippen LogP contribution in [0, 0.1) is 17.0 Å². The first-order chi connectivity index (χ1) is 13.5. The Hall–Kier alpha value is -2.78. The van der Waals surface area contributed by atoms with E-state index in [1.165, 1.54) is 34.7 Å². The topological polar surface area (TPSA) is 98.0 Å². The molecule has 1 heterocycles. The Morgan fingerprint density at radius 2 is 1.96 bits per heavy atom. The van der Waals surface area contributed by atoms with Gasteiger partial charge in [-0.25, -0.2) is 0 Å². The third-order valence-electron chi connectivity index (χ3n) is 4.07. The monoisotopic (exact) mass is 414 g/mol. The minimum atomic E-state index is -0.477. The Kier molecular flexibility index (Phi) is 6.37. The molecule has 1 aromatic heterocycles. The fourth-order valence-electron chi connectivity index (χ4n) is 2.46. The average molecular weight is 415 g/mol. The number of carbonyl (C=O) groups is 1. The molecule has 0 aliphatic heterocycles. The number of rotatable bonds is 8. The molecule has 0 saturated carbocycles. The Balaban J connectivity index is 1.60. The summed E-state index contributed by atoms with van der Waals surface area (Å²) in [6.45, 7) is 3.75. The van der Waals surface area contributed by atoms with Crippen molar-refractivity contribution in [3.05, 3.63) is 69.3 Å². The summed E-state index contributed by atoms with van der Waals surface area (Å²) in [5.41, 5.74) is 2.99. The minimum absolute atomic E-state index is 0.0488. The van der Waals surface area contributed by atoms with Crippen LogP contribution in [0.1, 0.15) is 28.4 Å². The van der Waals surface area contributed by atoms with Gasteiger partial charge in [-0.2, -0.15) is 0 Å². The SMILES string of the molecule is CCc1ccc(Nc2nnc(SCC(=O)c3ccc(C)c([N+](=O)[O-])c3)s2)cc1. The van der Waals surface area contributed by atoms with Crippen LogP contribution in [0.5, 0.6) is 0 Å². The minimum Gasteiger partial charge on any atom is -0.330 e. The number of nitrogens with one attached hydrogen (secondary N) is 1. The van der Waals surface area contributed by atoms with Crippen molar-refractivity contribution in [2.75, 3.05) is 11.1 Å². The normalized spacial score (nSPS) is 10.6. The lowest BCUT2D eigenvalue weighted by atomic mass is 10.1. The second kappa shape index (κ2) is 8.94. The van der Waals surface area contributed by atoms with Crippen molar-refractivity contribution >= 4 is 45.4 Å². The van der Waals surface area contributed by atoms with Gasteiger partial charge in [-0.15, -0.1) is 10.2 Å². The molecule has 0 spiro atoms. The summed E-state index contributed by atoms with van der Waals surface area (Å²) in [6, 6.07) is 12.6. The van der Waals surface area contributed by atoms with E-state index in [0.717, 1.165) is 12.1 Å². The van der Waals surface area contributed by atoms with Crippen LogP contribution in [-0.4, -0.2) is 26.7 Å². The Labute approximate surface area is 170 Å². The van der Waals surface area contributed by atoms with E-state index in [4.69, 9.17) is 0 Å². The van der Waals surface area contributed by atoms with Crippen molar-refractivity contribution in [3.63, 3.8) is 0 Å². The molecule has 3 rings (SSSR count). The van der Waals surface area contributed by atoms with Crippen LogP contribution in [0.2, 0.25) is 0 Å². The maximum atomic E-state index is 12.4. The summed E-state index contributed by atoms with van der Waals surface area (Å²) < 4.78 is 0.655. The molecule has 0 bridgehead atoms. The first-order valence-electron chi connectivity index (χ1n) is 8.56. The van der Waals surface area contributed by atoms with E-state index in [0.29, 0.717) is 20.6 Å². The lowest BCUT2D eigenvalue weighted by Crippen LogP contribution is -2.04. The molecule has 1 N–H and O–H groups in total. The second-order valence-corrected chi connectivity index (χ2v) is 8.22. The van der Waals surface area contributed by atoms with E-state index >= 15 is 0 Å². The van der Waals surface area contributed by atoms with Gasteiger partial charge in [0.1, 0.15) is 0 Å². The van der Waals surface area contributed by atoms with Crippen molar-refractivity contribution in [2.24, 2.45) is 0 Å². The number of Topliss-reactive ketones (excluding diaryl/α,β-unsaturated/α-hetero) is 1. The molecule has 0 radical (unpaired) electrons. The maximum Gasteiger partial charge on any atom is 0.273 e. The van der Waals surface area contributed by atoms with E-state index in [1.54, 1.807) is 19.1 Å². The average Bonchev–Trinajstić information content (AvgIpc) is 3.14. The zero-order valence-electron chi connectivity index (χ0n) is 15.3. The number of hydrogen-bond acceptors (Lipinski definition) is 8. The standard InChI is InChI=1S/C19H18N4O3S2/c1-3-13-5-8-15(9-6-13)20-18-21-22-19(28-18)27-11-17(24)14-7-4-12(2)16(10-14)23(25)26/h4-10H,3,11H2,1-2H3,(H,20,21). The number of hydrogen-bond donors (Lipinski definition) is 1. The van der Waals surface area contributed by atoms with E-state index in [9.17, 15) is 14.9 Å². The van der Waals surface area contributed by atoms with Crippen molar-refractivity contribution in [1.29, 1.82) is 0 Å². The number of nitro benzene ring substituents is 1. The lowest BCUT2D eigenvalue weighted by molar-refractivity contribution is -0.385. The van der Waals surface area contributed by atoms with E-state index in [2.05, 4.69) is 34.6 Å². The number of ketones is 1. The van der Waals surface area contributed by atoms with Crippen LogP contribution in [0.4, 0.5) is 16.5 Å². The summed E-state index contributed by atoms with van der Waals surface area (Å²) in [4.78, 5) is 22.9. The van der Waals surface area contributed by atoms with Crippen LogP contribution < -0.4 is 5.32 Å². The molecule has 0 fully saturated rings. The van der Waals surface area contributed by atoms with E-state index in [-0.39, 0.29) is 17.2 Å². The van der Waals surface area contributed by atoms with Gasteiger partial charge in [-0.05, 0) is 31.0 Å². The Bertz CT molecular complexity index is 1000. The quantitative estimate of drug-likeness (QED) is 0.239. The summed E-state index contributed by atoms with van der Waals surface area (Å²) in [6.07, 6.45) is 0.984. The first-order valence-corrected chi connectivity index (χ1v) is 10.4. The van der Waals surface area contributed by atoms with Gasteiger partial charge in [0.05, 0.1) is 10.7 Å². The van der Waals surface area contributed by atoms with E-state index < -0.39 is 4.92 Å². The fraction of sp³-hybridized carbons (Fsp3) is 0.211. The molecule has 2 aromatic carbocycles. The van der Waals surface area contributed by atoms with Crippen LogP contribution >= 0.6 is 23.1 Å². The number of nitro groups is 1. The van der Waals surface area contributed by atoms with Gasteiger partial charge in [0.15, 0.2) is 10.1 Å². The largest absolute Gasteiger partial charge is 0.330 e. The summed E-state index contributed by atoms with van der Waals surface area (Å²) in [5, 5.41) is 23.0. The highest BCUT2D eigenvalue weighted by molar-refractivity contribution is 8.01. The van der Waals surface area contributed by atoms with Crippen LogP contribution in [0.15, 0.2) is 46.8 Å². The number of aryl methyl sites for hydroxylation is 2. The zero-order chi connectivity index (χ0) is 20.1. The van der Waals surface area contributed by atoms with Crippen LogP contribution in [-0.2, 0) is 6.42 Å². The molecular formula is C19H18N4O3S2. The molecule has 0 saturated heterocycles. The van der Waals surface area contributed by atoms with Gasteiger partial charge in [0, 0.05) is 22.9 Å². The Morgan fingerprint density at radius 1 is 1.21 bits per heavy atom. The molecule has 0 aliphatic rings. The molecule has 0 atom stereocenters. The summed E-state index contributed by atoms with van der Waals surface area (Å²) in [7, 11) is 0. The van der Waals surface area contributed by atoms with Gasteiger partial charge >= 0.3 is 0 Å². The number of anilines is 2. The molecule has 0 amide bonds. The summed E-state index contributed by atoms with van der Waals surface area (Å²) >= 11 is 2.62. The van der Waals surface area contributed by atoms with Crippen molar-refractivity contribution in [3.8, 4) is 0 Å². The predicted octanol–water partition coefficient (Wildman–Crippen LogP) is 5.04. The number of benzene rings is 2. The highest BCUT2D eigenvalue weighted by Gasteiger charge is 2.16. The van der Waals surface area contributed by atoms with Gasteiger partial charge < -0.3 is 5.32 Å². The predicted molar refractivity (Wildman–Crippen MR) is 112 cm³/mol. The summed E-state index contributed by atoms with van der Waals surface area (Å²) in [5.74, 6) is -0.0481. The van der Waals surface area contributed by atoms with Crippen LogP contribution in [0.25, 0.3) is 0 Å². The molecule has 28 heavy (non-hydrogen) atoms. The number of carbonyl (C=O) groups excluding carboxylic acids is 1. The van der Waals surface area contributed by atoms with Gasteiger partial charge in [0.25, 0.3) is 5.69 Å². The number of nitrogens with zero attached hydrogens (tertiary/aromatic N) is 3. The van der Waals surface area contributed by atoms with Crippen LogP contribution in [0.3, 0.4) is 0 Å². The number of thioether (sulfide) groups is 1. The highest BCUT2D eigenvalue weighted by atomic mass is 32.2. The molecule has 144 valence electrons. The van der Waals surface area contributed by atoms with Crippen molar-refractivity contribution in [2.45, 2.75) is 24.6 Å². The zero-order valence-corrected chi connectivity index (χ0v) is 17.0. The molecule has 0 aliphatic carbocycles. The molecular weight excluding hydrogens is 396 g/mol. The first kappa shape index (κ1) is 20.0. The smallest absolute Gasteiger partial charge is 0.273 e. The van der Waals surface area contributed by atoms with Gasteiger partial charge in [0.2, 0.25) is 5.13 Å². The van der Waals surface area contributed by atoms with Crippen molar-refractivity contribution < 1.29 is 9.72 Å². The number of aromatic nitrogens is 2. The molecule has 0 unspecified atom stereocenters. The fourth-order valence-corrected chi connectivity index (χ4v) is 4.12. The molecule has 7 nitrogen and oxygen atoms in total. The highest BCUT2D eigenvalue weighted by Crippen LogP contribution is 2.29. The second-order valence-electron chi connectivity index (χ2n) is 6.02. The third-order valence-corrected chi connectivity index (χ3v) is 6.05. The molecule has 3 aromatic rings. The Morgan fingerprint density at radius 3 is 2.64 bits per heavy atom.